The van der Waals surface area contributed by atoms with Crippen LogP contribution in [0, 0.1) is 5.82 Å². The Labute approximate surface area is 124 Å². The maximum absolute atomic E-state index is 13.9. The zero-order valence-electron chi connectivity index (χ0n) is 12.9. The molecule has 0 amide bonds. The molecule has 0 aliphatic carbocycles. The van der Waals surface area contributed by atoms with Gasteiger partial charge >= 0.3 is 0 Å². The molecule has 1 unspecified atom stereocenters. The SMILES string of the molecule is CNC(Cc1ccccc1F)c1c(OC)cnn1C(C)C. The van der Waals surface area contributed by atoms with Gasteiger partial charge in [-0.3, -0.25) is 4.68 Å². The minimum Gasteiger partial charge on any atom is -0.493 e. The highest BCUT2D eigenvalue weighted by molar-refractivity contribution is 5.31. The largest absolute Gasteiger partial charge is 0.493 e. The van der Waals surface area contributed by atoms with Gasteiger partial charge in [-0.05, 0) is 38.9 Å². The lowest BCUT2D eigenvalue weighted by atomic mass is 10.0. The van der Waals surface area contributed by atoms with E-state index in [2.05, 4.69) is 24.3 Å². The van der Waals surface area contributed by atoms with Crippen LogP contribution in [0.1, 0.15) is 37.2 Å². The standard InChI is InChI=1S/C16H22FN3O/c1-11(2)20-16(15(21-4)10-19-20)14(18-3)9-12-7-5-6-8-13(12)17/h5-8,10-11,14,18H,9H2,1-4H3. The van der Waals surface area contributed by atoms with Gasteiger partial charge in [0.1, 0.15) is 5.82 Å². The number of rotatable bonds is 6. The molecule has 21 heavy (non-hydrogen) atoms. The first kappa shape index (κ1) is 15.5. The van der Waals surface area contributed by atoms with E-state index < -0.39 is 0 Å². The van der Waals surface area contributed by atoms with E-state index in [9.17, 15) is 4.39 Å². The van der Waals surface area contributed by atoms with Gasteiger partial charge in [0, 0.05) is 6.04 Å². The highest BCUT2D eigenvalue weighted by Crippen LogP contribution is 2.30. The summed E-state index contributed by atoms with van der Waals surface area (Å²) in [5.74, 6) is 0.534. The van der Waals surface area contributed by atoms with Crippen molar-refractivity contribution in [2.75, 3.05) is 14.2 Å². The Kier molecular flexibility index (Phi) is 4.96. The number of halogens is 1. The number of methoxy groups -OCH3 is 1. The number of nitrogens with one attached hydrogen (secondary N) is 1. The van der Waals surface area contributed by atoms with Crippen molar-refractivity contribution in [1.82, 2.24) is 15.1 Å². The van der Waals surface area contributed by atoms with Crippen LogP contribution < -0.4 is 10.1 Å². The number of benzene rings is 1. The van der Waals surface area contributed by atoms with E-state index in [0.29, 0.717) is 12.0 Å². The number of likely N-dealkylation sites (N-methyl/N-ethyl adjacent to an activating group) is 1. The molecule has 1 atom stereocenters. The Morgan fingerprint density at radius 3 is 2.62 bits per heavy atom. The number of ether oxygens (including phenoxy) is 1. The summed E-state index contributed by atoms with van der Waals surface area (Å²) in [5.41, 5.74) is 1.62. The van der Waals surface area contributed by atoms with Gasteiger partial charge in [-0.25, -0.2) is 4.39 Å². The first-order valence-electron chi connectivity index (χ1n) is 7.10. The Hall–Kier alpha value is -1.88. The van der Waals surface area contributed by atoms with E-state index in [4.69, 9.17) is 4.74 Å². The zero-order valence-corrected chi connectivity index (χ0v) is 12.9. The monoisotopic (exact) mass is 291 g/mol. The van der Waals surface area contributed by atoms with Gasteiger partial charge < -0.3 is 10.1 Å². The fraction of sp³-hybridized carbons (Fsp3) is 0.438. The fourth-order valence-corrected chi connectivity index (χ4v) is 2.48. The fourth-order valence-electron chi connectivity index (χ4n) is 2.48. The Balaban J connectivity index is 2.37. The molecule has 1 aromatic heterocycles. The number of nitrogens with zero attached hydrogens (tertiary/aromatic N) is 2. The Morgan fingerprint density at radius 2 is 2.05 bits per heavy atom. The van der Waals surface area contributed by atoms with Crippen LogP contribution in [0.25, 0.3) is 0 Å². The van der Waals surface area contributed by atoms with Crippen molar-refractivity contribution < 1.29 is 9.13 Å². The van der Waals surface area contributed by atoms with Crippen molar-refractivity contribution in [2.45, 2.75) is 32.4 Å². The van der Waals surface area contributed by atoms with Crippen LogP contribution in [0.3, 0.4) is 0 Å². The Bertz CT molecular complexity index is 595. The highest BCUT2D eigenvalue weighted by Gasteiger charge is 2.23. The quantitative estimate of drug-likeness (QED) is 0.889. The van der Waals surface area contributed by atoms with Crippen LogP contribution in [-0.2, 0) is 6.42 Å². The van der Waals surface area contributed by atoms with E-state index >= 15 is 0 Å². The van der Waals surface area contributed by atoms with Crippen molar-refractivity contribution >= 4 is 0 Å². The van der Waals surface area contributed by atoms with Crippen molar-refractivity contribution in [3.05, 3.63) is 47.5 Å². The van der Waals surface area contributed by atoms with Crippen molar-refractivity contribution in [3.8, 4) is 5.75 Å². The summed E-state index contributed by atoms with van der Waals surface area (Å²) in [4.78, 5) is 0. The molecule has 0 radical (unpaired) electrons. The molecule has 114 valence electrons. The van der Waals surface area contributed by atoms with E-state index in [0.717, 1.165) is 11.4 Å². The first-order valence-corrected chi connectivity index (χ1v) is 7.10. The molecule has 0 spiro atoms. The lowest BCUT2D eigenvalue weighted by Gasteiger charge is -2.21. The molecular weight excluding hydrogens is 269 g/mol. The molecule has 2 aromatic rings. The molecule has 1 N–H and O–H groups in total. The van der Waals surface area contributed by atoms with Gasteiger partial charge in [0.15, 0.2) is 5.75 Å². The molecule has 2 rings (SSSR count). The third-order valence-corrected chi connectivity index (χ3v) is 3.57. The van der Waals surface area contributed by atoms with Crippen LogP contribution in [0.2, 0.25) is 0 Å². The summed E-state index contributed by atoms with van der Waals surface area (Å²) in [6.07, 6.45) is 2.25. The summed E-state index contributed by atoms with van der Waals surface area (Å²) in [6, 6.07) is 6.98. The lowest BCUT2D eigenvalue weighted by Crippen LogP contribution is -2.24. The van der Waals surface area contributed by atoms with Gasteiger partial charge in [-0.2, -0.15) is 5.10 Å². The molecule has 5 heteroatoms. The molecular formula is C16H22FN3O. The molecule has 0 fully saturated rings. The second-order valence-corrected chi connectivity index (χ2v) is 5.27. The van der Waals surface area contributed by atoms with Crippen LogP contribution in [0.15, 0.2) is 30.5 Å². The molecule has 1 heterocycles. The summed E-state index contributed by atoms with van der Waals surface area (Å²) in [6.45, 7) is 4.12. The maximum Gasteiger partial charge on any atom is 0.161 e. The summed E-state index contributed by atoms with van der Waals surface area (Å²) in [7, 11) is 3.49. The highest BCUT2D eigenvalue weighted by atomic mass is 19.1. The predicted octanol–water partition coefficient (Wildman–Crippen LogP) is 3.11. The molecule has 4 nitrogen and oxygen atoms in total. The predicted molar refractivity (Wildman–Crippen MR) is 81.1 cm³/mol. The summed E-state index contributed by atoms with van der Waals surface area (Å²) in [5, 5.41) is 7.62. The third kappa shape index (κ3) is 3.24. The zero-order chi connectivity index (χ0) is 15.4. The van der Waals surface area contributed by atoms with Gasteiger partial charge in [-0.15, -0.1) is 0 Å². The molecule has 0 bridgehead atoms. The van der Waals surface area contributed by atoms with Crippen LogP contribution >= 0.6 is 0 Å². The number of hydrogen-bond acceptors (Lipinski definition) is 3. The molecule has 0 aliphatic heterocycles. The topological polar surface area (TPSA) is 39.1 Å². The van der Waals surface area contributed by atoms with Gasteiger partial charge in [-0.1, -0.05) is 18.2 Å². The normalized spacial score (nSPS) is 12.7. The van der Waals surface area contributed by atoms with Crippen LogP contribution in [0.5, 0.6) is 5.75 Å². The average Bonchev–Trinajstić information content (AvgIpc) is 2.90. The van der Waals surface area contributed by atoms with Crippen molar-refractivity contribution in [1.29, 1.82) is 0 Å². The molecule has 0 saturated carbocycles. The maximum atomic E-state index is 13.9. The number of hydrogen-bond donors (Lipinski definition) is 1. The van der Waals surface area contributed by atoms with Gasteiger partial charge in [0.2, 0.25) is 0 Å². The Morgan fingerprint density at radius 1 is 1.33 bits per heavy atom. The van der Waals surface area contributed by atoms with Gasteiger partial charge in [0.05, 0.1) is 25.0 Å². The average molecular weight is 291 g/mol. The second kappa shape index (κ2) is 6.72. The minimum atomic E-state index is -0.188. The van der Waals surface area contributed by atoms with Crippen molar-refractivity contribution in [2.24, 2.45) is 0 Å². The van der Waals surface area contributed by atoms with E-state index in [1.165, 1.54) is 6.07 Å². The van der Waals surface area contributed by atoms with Crippen LogP contribution in [0.4, 0.5) is 4.39 Å². The minimum absolute atomic E-state index is 0.0678. The first-order chi connectivity index (χ1) is 10.1. The third-order valence-electron chi connectivity index (χ3n) is 3.57. The molecule has 0 aliphatic rings. The smallest absolute Gasteiger partial charge is 0.161 e. The summed E-state index contributed by atoms with van der Waals surface area (Å²) < 4.78 is 21.2. The van der Waals surface area contributed by atoms with Crippen LogP contribution in [-0.4, -0.2) is 23.9 Å². The molecule has 0 saturated heterocycles. The van der Waals surface area contributed by atoms with Crippen molar-refractivity contribution in [3.63, 3.8) is 0 Å². The van der Waals surface area contributed by atoms with E-state index in [-0.39, 0.29) is 17.9 Å². The lowest BCUT2D eigenvalue weighted by molar-refractivity contribution is 0.387. The number of aromatic nitrogens is 2. The van der Waals surface area contributed by atoms with Gasteiger partial charge in [0.25, 0.3) is 0 Å². The molecule has 1 aromatic carbocycles. The van der Waals surface area contributed by atoms with E-state index in [1.807, 2.05) is 23.9 Å². The van der Waals surface area contributed by atoms with E-state index in [1.54, 1.807) is 19.4 Å². The summed E-state index contributed by atoms with van der Waals surface area (Å²) >= 11 is 0. The second-order valence-electron chi connectivity index (χ2n) is 5.27.